The molecule has 0 radical (unpaired) electrons. The number of rotatable bonds is 7. The molecule has 1 unspecified atom stereocenters. The molecule has 17 heavy (non-hydrogen) atoms. The third-order valence-corrected chi connectivity index (χ3v) is 2.34. The van der Waals surface area contributed by atoms with E-state index in [1.165, 1.54) is 11.0 Å². The van der Waals surface area contributed by atoms with E-state index >= 15 is 0 Å². The third-order valence-electron chi connectivity index (χ3n) is 2.34. The SMILES string of the molecule is COCCCNC(=O)C(C)n1cnc(CN)n1. The maximum Gasteiger partial charge on any atom is 0.244 e. The predicted molar refractivity (Wildman–Crippen MR) is 62.1 cm³/mol. The molecule has 0 aliphatic rings. The van der Waals surface area contributed by atoms with Crippen LogP contribution in [0.5, 0.6) is 0 Å². The molecule has 3 N–H and O–H groups in total. The zero-order chi connectivity index (χ0) is 12.7. The van der Waals surface area contributed by atoms with Crippen LogP contribution in [0.1, 0.15) is 25.2 Å². The Morgan fingerprint density at radius 3 is 3.06 bits per heavy atom. The molecule has 0 fully saturated rings. The van der Waals surface area contributed by atoms with Crippen LogP contribution >= 0.6 is 0 Å². The van der Waals surface area contributed by atoms with Gasteiger partial charge in [-0.3, -0.25) is 4.79 Å². The number of carbonyl (C=O) groups excluding carboxylic acids is 1. The minimum Gasteiger partial charge on any atom is -0.385 e. The normalized spacial score (nSPS) is 12.4. The van der Waals surface area contributed by atoms with Crippen molar-refractivity contribution in [3.63, 3.8) is 0 Å². The van der Waals surface area contributed by atoms with Gasteiger partial charge in [0, 0.05) is 20.3 Å². The first-order valence-corrected chi connectivity index (χ1v) is 5.55. The number of hydrogen-bond donors (Lipinski definition) is 2. The fourth-order valence-corrected chi connectivity index (χ4v) is 1.29. The topological polar surface area (TPSA) is 95.1 Å². The van der Waals surface area contributed by atoms with Gasteiger partial charge in [0.15, 0.2) is 5.82 Å². The molecule has 0 saturated heterocycles. The number of aromatic nitrogens is 3. The lowest BCUT2D eigenvalue weighted by molar-refractivity contribution is -0.124. The van der Waals surface area contributed by atoms with Gasteiger partial charge in [0.2, 0.25) is 5.91 Å². The highest BCUT2D eigenvalue weighted by Crippen LogP contribution is 2.03. The van der Waals surface area contributed by atoms with E-state index in [0.717, 1.165) is 6.42 Å². The van der Waals surface area contributed by atoms with E-state index in [1.54, 1.807) is 14.0 Å². The van der Waals surface area contributed by atoms with E-state index in [9.17, 15) is 4.79 Å². The monoisotopic (exact) mass is 241 g/mol. The zero-order valence-corrected chi connectivity index (χ0v) is 10.2. The predicted octanol–water partition coefficient (Wildman–Crippen LogP) is -0.549. The Hall–Kier alpha value is -1.47. The van der Waals surface area contributed by atoms with Crippen LogP contribution in [-0.2, 0) is 16.1 Å². The summed E-state index contributed by atoms with van der Waals surface area (Å²) in [6.07, 6.45) is 2.31. The number of ether oxygens (including phenoxy) is 1. The number of nitrogens with zero attached hydrogens (tertiary/aromatic N) is 3. The molecular weight excluding hydrogens is 222 g/mol. The van der Waals surface area contributed by atoms with Gasteiger partial charge in [-0.05, 0) is 13.3 Å². The summed E-state index contributed by atoms with van der Waals surface area (Å²) in [4.78, 5) is 15.7. The minimum atomic E-state index is -0.384. The maximum absolute atomic E-state index is 11.7. The molecule has 1 heterocycles. The lowest BCUT2D eigenvalue weighted by Crippen LogP contribution is -2.32. The second-order valence-electron chi connectivity index (χ2n) is 3.66. The second kappa shape index (κ2) is 6.97. The minimum absolute atomic E-state index is 0.0884. The molecule has 0 bridgehead atoms. The average molecular weight is 241 g/mol. The summed E-state index contributed by atoms with van der Waals surface area (Å²) in [5, 5.41) is 6.89. The molecule has 0 aliphatic heterocycles. The van der Waals surface area contributed by atoms with Crippen molar-refractivity contribution < 1.29 is 9.53 Å². The van der Waals surface area contributed by atoms with Crippen LogP contribution in [0.2, 0.25) is 0 Å². The molecule has 0 aromatic carbocycles. The smallest absolute Gasteiger partial charge is 0.244 e. The van der Waals surface area contributed by atoms with Gasteiger partial charge in [0.25, 0.3) is 0 Å². The van der Waals surface area contributed by atoms with E-state index in [1.807, 2.05) is 0 Å². The van der Waals surface area contributed by atoms with Gasteiger partial charge in [0.05, 0.1) is 6.54 Å². The quantitative estimate of drug-likeness (QED) is 0.625. The van der Waals surface area contributed by atoms with Gasteiger partial charge in [0.1, 0.15) is 12.4 Å². The Morgan fingerprint density at radius 2 is 2.47 bits per heavy atom. The van der Waals surface area contributed by atoms with Gasteiger partial charge in [-0.1, -0.05) is 0 Å². The maximum atomic E-state index is 11.7. The van der Waals surface area contributed by atoms with Crippen LogP contribution in [0.4, 0.5) is 0 Å². The first-order chi connectivity index (χ1) is 8.19. The molecule has 1 aromatic heterocycles. The van der Waals surface area contributed by atoms with Gasteiger partial charge >= 0.3 is 0 Å². The van der Waals surface area contributed by atoms with Crippen molar-refractivity contribution in [2.24, 2.45) is 5.73 Å². The molecule has 0 spiro atoms. The van der Waals surface area contributed by atoms with Gasteiger partial charge < -0.3 is 15.8 Å². The highest BCUT2D eigenvalue weighted by atomic mass is 16.5. The Kier molecular flexibility index (Phi) is 5.58. The van der Waals surface area contributed by atoms with Gasteiger partial charge in [-0.2, -0.15) is 5.10 Å². The van der Waals surface area contributed by atoms with Crippen molar-refractivity contribution in [2.75, 3.05) is 20.3 Å². The lowest BCUT2D eigenvalue weighted by Gasteiger charge is -2.11. The van der Waals surface area contributed by atoms with Crippen molar-refractivity contribution in [3.8, 4) is 0 Å². The van der Waals surface area contributed by atoms with E-state index < -0.39 is 0 Å². The first kappa shape index (κ1) is 13.6. The Morgan fingerprint density at radius 1 is 1.71 bits per heavy atom. The number of nitrogens with one attached hydrogen (secondary N) is 1. The zero-order valence-electron chi connectivity index (χ0n) is 10.2. The van der Waals surface area contributed by atoms with Gasteiger partial charge in [-0.25, -0.2) is 9.67 Å². The number of hydrogen-bond acceptors (Lipinski definition) is 5. The molecule has 0 saturated carbocycles. The van der Waals surface area contributed by atoms with Crippen molar-refractivity contribution >= 4 is 5.91 Å². The molecular formula is C10H19N5O2. The first-order valence-electron chi connectivity index (χ1n) is 5.55. The number of carbonyl (C=O) groups is 1. The van der Waals surface area contributed by atoms with Crippen molar-refractivity contribution in [2.45, 2.75) is 25.9 Å². The number of amides is 1. The van der Waals surface area contributed by atoms with Crippen LogP contribution in [0.15, 0.2) is 6.33 Å². The second-order valence-corrected chi connectivity index (χ2v) is 3.66. The average Bonchev–Trinajstić information content (AvgIpc) is 2.82. The summed E-state index contributed by atoms with van der Waals surface area (Å²) in [5.74, 6) is 0.443. The highest BCUT2D eigenvalue weighted by molar-refractivity contribution is 5.79. The number of methoxy groups -OCH3 is 1. The van der Waals surface area contributed by atoms with Crippen LogP contribution in [0.3, 0.4) is 0 Å². The molecule has 1 atom stereocenters. The largest absolute Gasteiger partial charge is 0.385 e. The van der Waals surface area contributed by atoms with Crippen LogP contribution in [0, 0.1) is 0 Å². The third kappa shape index (κ3) is 4.12. The van der Waals surface area contributed by atoms with Crippen molar-refractivity contribution in [1.82, 2.24) is 20.1 Å². The molecule has 0 aliphatic carbocycles. The van der Waals surface area contributed by atoms with Crippen molar-refractivity contribution in [3.05, 3.63) is 12.2 Å². The Balaban J connectivity index is 2.40. The lowest BCUT2D eigenvalue weighted by atomic mass is 10.3. The molecule has 7 heteroatoms. The molecule has 1 amide bonds. The van der Waals surface area contributed by atoms with E-state index in [-0.39, 0.29) is 18.5 Å². The van der Waals surface area contributed by atoms with E-state index in [2.05, 4.69) is 15.4 Å². The summed E-state index contributed by atoms with van der Waals surface area (Å²) in [5.41, 5.74) is 5.40. The summed E-state index contributed by atoms with van der Waals surface area (Å²) in [6, 6.07) is -0.384. The molecule has 1 rings (SSSR count). The van der Waals surface area contributed by atoms with E-state index in [0.29, 0.717) is 19.0 Å². The van der Waals surface area contributed by atoms with Gasteiger partial charge in [-0.15, -0.1) is 0 Å². The fourth-order valence-electron chi connectivity index (χ4n) is 1.29. The highest BCUT2D eigenvalue weighted by Gasteiger charge is 2.15. The van der Waals surface area contributed by atoms with Crippen LogP contribution in [0.25, 0.3) is 0 Å². The molecule has 7 nitrogen and oxygen atoms in total. The Bertz CT molecular complexity index is 352. The standard InChI is InChI=1S/C10H19N5O2/c1-8(10(16)12-4-3-5-17-2)15-7-13-9(6-11)14-15/h7-8H,3-6,11H2,1-2H3,(H,12,16). The fraction of sp³-hybridized carbons (Fsp3) is 0.700. The Labute approximate surface area is 100 Å². The molecule has 96 valence electrons. The summed E-state index contributed by atoms with van der Waals surface area (Å²) in [6.45, 7) is 3.26. The van der Waals surface area contributed by atoms with E-state index in [4.69, 9.17) is 10.5 Å². The summed E-state index contributed by atoms with van der Waals surface area (Å²) in [7, 11) is 1.63. The van der Waals surface area contributed by atoms with Crippen LogP contribution < -0.4 is 11.1 Å². The summed E-state index contributed by atoms with van der Waals surface area (Å²) >= 11 is 0. The molecule has 1 aromatic rings. The number of nitrogens with two attached hydrogens (primary N) is 1. The van der Waals surface area contributed by atoms with Crippen molar-refractivity contribution in [1.29, 1.82) is 0 Å². The summed E-state index contributed by atoms with van der Waals surface area (Å²) < 4.78 is 6.40. The van der Waals surface area contributed by atoms with Crippen LogP contribution in [-0.4, -0.2) is 40.9 Å².